The van der Waals surface area contributed by atoms with Crippen LogP contribution in [-0.2, 0) is 15.1 Å². The van der Waals surface area contributed by atoms with Gasteiger partial charge >= 0.3 is 0 Å². The number of rotatable bonds is 4. The van der Waals surface area contributed by atoms with Crippen LogP contribution in [0.15, 0.2) is 18.5 Å². The Morgan fingerprint density at radius 2 is 2.04 bits per heavy atom. The van der Waals surface area contributed by atoms with Crippen LogP contribution in [0.1, 0.15) is 38.5 Å². The van der Waals surface area contributed by atoms with Crippen LogP contribution in [-0.4, -0.2) is 40.7 Å². The standard InChI is InChI=1S/C16H25N5O2.ClH/c17-14(22)12-3-1-4-13(11-12)20-15(23)16(5-8-18-9-6-16)21-10-2-7-19-21;/h2,7,10,12-13,18H,1,3-6,8-9,11H2,(H2,17,22)(H,20,23);1H. The number of hydrogen-bond acceptors (Lipinski definition) is 4. The normalized spacial score (nSPS) is 26.2. The van der Waals surface area contributed by atoms with Gasteiger partial charge in [-0.3, -0.25) is 14.3 Å². The summed E-state index contributed by atoms with van der Waals surface area (Å²) in [7, 11) is 0. The Bertz CT molecular complexity index is 557. The third-order valence-corrected chi connectivity index (χ3v) is 5.21. The Morgan fingerprint density at radius 1 is 1.29 bits per heavy atom. The van der Waals surface area contributed by atoms with E-state index in [4.69, 9.17) is 5.73 Å². The predicted octanol–water partition coefficient (Wildman–Crippen LogP) is 0.544. The number of carbonyl (C=O) groups excluding carboxylic acids is 2. The van der Waals surface area contributed by atoms with E-state index < -0.39 is 5.54 Å². The SMILES string of the molecule is Cl.NC(=O)C1CCCC(NC(=O)C2(n3cccn3)CCNCC2)C1. The summed E-state index contributed by atoms with van der Waals surface area (Å²) >= 11 is 0. The highest BCUT2D eigenvalue weighted by molar-refractivity contribution is 5.85. The second kappa shape index (κ2) is 7.98. The highest BCUT2D eigenvalue weighted by atomic mass is 35.5. The molecule has 0 aromatic carbocycles. The molecule has 134 valence electrons. The van der Waals surface area contributed by atoms with Crippen LogP contribution in [0, 0.1) is 5.92 Å². The number of aromatic nitrogens is 2. The molecule has 1 aromatic rings. The summed E-state index contributed by atoms with van der Waals surface area (Å²) in [6.07, 6.45) is 8.31. The molecular weight excluding hydrogens is 330 g/mol. The van der Waals surface area contributed by atoms with Crippen LogP contribution < -0.4 is 16.4 Å². The fourth-order valence-electron chi connectivity index (χ4n) is 3.82. The van der Waals surface area contributed by atoms with Gasteiger partial charge in [0.1, 0.15) is 5.54 Å². The summed E-state index contributed by atoms with van der Waals surface area (Å²) in [5, 5.41) is 10.8. The summed E-state index contributed by atoms with van der Waals surface area (Å²) in [6.45, 7) is 1.59. The fourth-order valence-corrected chi connectivity index (χ4v) is 3.82. The first-order valence-electron chi connectivity index (χ1n) is 8.43. The van der Waals surface area contributed by atoms with Crippen molar-refractivity contribution < 1.29 is 9.59 Å². The second-order valence-electron chi connectivity index (χ2n) is 6.67. The molecule has 2 amide bonds. The molecule has 3 rings (SSSR count). The van der Waals surface area contributed by atoms with Crippen molar-refractivity contribution in [3.63, 3.8) is 0 Å². The summed E-state index contributed by atoms with van der Waals surface area (Å²) in [5.74, 6) is -0.367. The van der Waals surface area contributed by atoms with Crippen LogP contribution in [0.5, 0.6) is 0 Å². The first-order valence-corrected chi connectivity index (χ1v) is 8.43. The number of nitrogens with zero attached hydrogens (tertiary/aromatic N) is 2. The quantitative estimate of drug-likeness (QED) is 0.733. The molecule has 2 heterocycles. The van der Waals surface area contributed by atoms with Gasteiger partial charge in [-0.25, -0.2) is 0 Å². The van der Waals surface area contributed by atoms with E-state index in [1.807, 2.05) is 12.3 Å². The Kier molecular flexibility index (Phi) is 6.23. The van der Waals surface area contributed by atoms with Crippen molar-refractivity contribution in [3.8, 4) is 0 Å². The van der Waals surface area contributed by atoms with E-state index in [1.165, 1.54) is 0 Å². The zero-order valence-corrected chi connectivity index (χ0v) is 14.6. The number of primary amides is 1. The lowest BCUT2D eigenvalue weighted by Crippen LogP contribution is -2.57. The van der Waals surface area contributed by atoms with Crippen LogP contribution in [0.4, 0.5) is 0 Å². The average Bonchev–Trinajstić information content (AvgIpc) is 3.10. The lowest BCUT2D eigenvalue weighted by molar-refractivity contribution is -0.133. The van der Waals surface area contributed by atoms with Crippen molar-refractivity contribution in [1.29, 1.82) is 0 Å². The van der Waals surface area contributed by atoms with Crippen LogP contribution in [0.2, 0.25) is 0 Å². The number of carbonyl (C=O) groups is 2. The fraction of sp³-hybridized carbons (Fsp3) is 0.688. The number of nitrogens with two attached hydrogens (primary N) is 1. The van der Waals surface area contributed by atoms with Gasteiger partial charge in [-0.05, 0) is 51.3 Å². The minimum absolute atomic E-state index is 0. The average molecular weight is 356 g/mol. The van der Waals surface area contributed by atoms with Gasteiger partial charge < -0.3 is 16.4 Å². The Balaban J connectivity index is 0.00000208. The monoisotopic (exact) mass is 355 g/mol. The molecule has 2 unspecified atom stereocenters. The molecule has 2 atom stereocenters. The maximum absolute atomic E-state index is 13.0. The summed E-state index contributed by atoms with van der Waals surface area (Å²) in [5.41, 5.74) is 4.80. The molecule has 2 aliphatic rings. The van der Waals surface area contributed by atoms with Crippen molar-refractivity contribution in [1.82, 2.24) is 20.4 Å². The number of halogens is 1. The molecule has 0 bridgehead atoms. The predicted molar refractivity (Wildman–Crippen MR) is 92.6 cm³/mol. The van der Waals surface area contributed by atoms with E-state index >= 15 is 0 Å². The van der Waals surface area contributed by atoms with Gasteiger partial charge in [0, 0.05) is 24.4 Å². The van der Waals surface area contributed by atoms with Crippen molar-refractivity contribution >= 4 is 24.2 Å². The van der Waals surface area contributed by atoms with Crippen molar-refractivity contribution in [2.75, 3.05) is 13.1 Å². The van der Waals surface area contributed by atoms with Gasteiger partial charge in [0.2, 0.25) is 11.8 Å². The van der Waals surface area contributed by atoms with E-state index in [0.717, 1.165) is 32.4 Å². The lowest BCUT2D eigenvalue weighted by atomic mass is 9.83. The number of piperidine rings is 1. The van der Waals surface area contributed by atoms with Gasteiger partial charge in [0.15, 0.2) is 0 Å². The molecular formula is C16H26ClN5O2. The Hall–Kier alpha value is -1.60. The summed E-state index contributed by atoms with van der Waals surface area (Å²) in [4.78, 5) is 24.5. The highest BCUT2D eigenvalue weighted by Gasteiger charge is 2.43. The Labute approximate surface area is 148 Å². The van der Waals surface area contributed by atoms with Gasteiger partial charge in [-0.2, -0.15) is 5.10 Å². The van der Waals surface area contributed by atoms with Crippen LogP contribution in [0.3, 0.4) is 0 Å². The zero-order chi connectivity index (χ0) is 16.3. The third-order valence-electron chi connectivity index (χ3n) is 5.21. The highest BCUT2D eigenvalue weighted by Crippen LogP contribution is 2.29. The number of nitrogens with one attached hydrogen (secondary N) is 2. The van der Waals surface area contributed by atoms with Crippen molar-refractivity contribution in [3.05, 3.63) is 18.5 Å². The van der Waals surface area contributed by atoms with Crippen molar-refractivity contribution in [2.24, 2.45) is 11.7 Å². The van der Waals surface area contributed by atoms with Gasteiger partial charge in [0.05, 0.1) is 0 Å². The van der Waals surface area contributed by atoms with E-state index in [0.29, 0.717) is 19.3 Å². The molecule has 4 N–H and O–H groups in total. The van der Waals surface area contributed by atoms with Crippen LogP contribution in [0.25, 0.3) is 0 Å². The second-order valence-corrected chi connectivity index (χ2v) is 6.67. The molecule has 2 fully saturated rings. The largest absolute Gasteiger partial charge is 0.369 e. The maximum atomic E-state index is 13.0. The minimum atomic E-state index is -0.631. The topological polar surface area (TPSA) is 102 Å². The molecule has 7 nitrogen and oxygen atoms in total. The first-order chi connectivity index (χ1) is 11.1. The van der Waals surface area contributed by atoms with E-state index in [9.17, 15) is 9.59 Å². The zero-order valence-electron chi connectivity index (χ0n) is 13.7. The molecule has 8 heteroatoms. The molecule has 1 saturated heterocycles. The van der Waals surface area contributed by atoms with E-state index in [1.54, 1.807) is 10.9 Å². The molecule has 1 aliphatic carbocycles. The maximum Gasteiger partial charge on any atom is 0.248 e. The van der Waals surface area contributed by atoms with Gasteiger partial charge in [0.25, 0.3) is 0 Å². The summed E-state index contributed by atoms with van der Waals surface area (Å²) in [6, 6.07) is 1.87. The Morgan fingerprint density at radius 3 is 2.67 bits per heavy atom. The minimum Gasteiger partial charge on any atom is -0.369 e. The van der Waals surface area contributed by atoms with E-state index in [2.05, 4.69) is 15.7 Å². The lowest BCUT2D eigenvalue weighted by Gasteiger charge is -2.38. The number of hydrogen-bond donors (Lipinski definition) is 3. The smallest absolute Gasteiger partial charge is 0.248 e. The molecule has 0 spiro atoms. The third kappa shape index (κ3) is 3.72. The van der Waals surface area contributed by atoms with Crippen molar-refractivity contribution in [2.45, 2.75) is 50.1 Å². The number of amides is 2. The molecule has 24 heavy (non-hydrogen) atoms. The van der Waals surface area contributed by atoms with Crippen LogP contribution >= 0.6 is 12.4 Å². The summed E-state index contributed by atoms with van der Waals surface area (Å²) < 4.78 is 1.79. The molecule has 0 radical (unpaired) electrons. The van der Waals surface area contributed by atoms with Gasteiger partial charge in [-0.1, -0.05) is 6.42 Å². The van der Waals surface area contributed by atoms with E-state index in [-0.39, 0.29) is 36.2 Å². The molecule has 1 aliphatic heterocycles. The molecule has 1 saturated carbocycles. The van der Waals surface area contributed by atoms with Gasteiger partial charge in [-0.15, -0.1) is 12.4 Å². The first kappa shape index (κ1) is 18.7. The molecule has 1 aromatic heterocycles.